The van der Waals surface area contributed by atoms with Crippen molar-refractivity contribution >= 4 is 5.69 Å². The molecule has 0 N–H and O–H groups in total. The number of ether oxygens (including phenoxy) is 2. The Morgan fingerprint density at radius 2 is 2.31 bits per heavy atom. The molecule has 1 saturated heterocycles. The van der Waals surface area contributed by atoms with E-state index in [2.05, 4.69) is 0 Å². The first-order valence-electron chi connectivity index (χ1n) is 5.18. The van der Waals surface area contributed by atoms with Gasteiger partial charge in [-0.15, -0.1) is 0 Å². The van der Waals surface area contributed by atoms with E-state index in [1.807, 2.05) is 6.92 Å². The Morgan fingerprint density at radius 3 is 3.00 bits per heavy atom. The molecule has 5 nitrogen and oxygen atoms in total. The summed E-state index contributed by atoms with van der Waals surface area (Å²) in [4.78, 5) is 10.2. The molecule has 0 spiro atoms. The van der Waals surface area contributed by atoms with Crippen molar-refractivity contribution in [2.24, 2.45) is 0 Å². The Bertz CT molecular complexity index is 393. The van der Waals surface area contributed by atoms with E-state index >= 15 is 0 Å². The first-order chi connectivity index (χ1) is 7.66. The smallest absolute Gasteiger partial charge is 0.269 e. The number of rotatable bonds is 2. The number of nitro benzene ring substituents is 1. The standard InChI is InChI=1S/C11H13NO4/c1-8-5-6-15-11(16-8)9-3-2-4-10(7-9)12(13)14/h2-4,7-8,11H,5-6H2,1H3. The van der Waals surface area contributed by atoms with Crippen molar-refractivity contribution in [3.63, 3.8) is 0 Å². The minimum atomic E-state index is -0.483. The van der Waals surface area contributed by atoms with Crippen LogP contribution in [0.25, 0.3) is 0 Å². The quantitative estimate of drug-likeness (QED) is 0.570. The van der Waals surface area contributed by atoms with Crippen LogP contribution in [0.15, 0.2) is 24.3 Å². The number of non-ortho nitro benzene ring substituents is 1. The van der Waals surface area contributed by atoms with Gasteiger partial charge < -0.3 is 9.47 Å². The zero-order valence-electron chi connectivity index (χ0n) is 8.96. The second kappa shape index (κ2) is 4.59. The Kier molecular flexibility index (Phi) is 3.17. The highest BCUT2D eigenvalue weighted by molar-refractivity contribution is 5.34. The van der Waals surface area contributed by atoms with Crippen molar-refractivity contribution in [3.8, 4) is 0 Å². The molecule has 1 fully saturated rings. The van der Waals surface area contributed by atoms with Crippen molar-refractivity contribution in [2.45, 2.75) is 25.7 Å². The molecule has 1 aromatic carbocycles. The fraction of sp³-hybridized carbons (Fsp3) is 0.455. The summed E-state index contributed by atoms with van der Waals surface area (Å²) < 4.78 is 11.0. The van der Waals surface area contributed by atoms with Crippen molar-refractivity contribution in [2.75, 3.05) is 6.61 Å². The lowest BCUT2D eigenvalue weighted by Crippen LogP contribution is -2.24. The molecular weight excluding hydrogens is 210 g/mol. The van der Waals surface area contributed by atoms with Gasteiger partial charge in [0, 0.05) is 17.7 Å². The summed E-state index contributed by atoms with van der Waals surface area (Å²) in [6, 6.07) is 6.35. The summed E-state index contributed by atoms with van der Waals surface area (Å²) >= 11 is 0. The highest BCUT2D eigenvalue weighted by atomic mass is 16.7. The third kappa shape index (κ3) is 2.37. The first-order valence-corrected chi connectivity index (χ1v) is 5.18. The van der Waals surface area contributed by atoms with Gasteiger partial charge in [0.25, 0.3) is 5.69 Å². The van der Waals surface area contributed by atoms with Crippen molar-refractivity contribution in [1.82, 2.24) is 0 Å². The normalized spacial score (nSPS) is 25.3. The van der Waals surface area contributed by atoms with Crippen LogP contribution in [0.4, 0.5) is 5.69 Å². The van der Waals surface area contributed by atoms with Gasteiger partial charge in [0.2, 0.25) is 0 Å². The molecule has 0 saturated carbocycles. The molecule has 2 rings (SSSR count). The largest absolute Gasteiger partial charge is 0.348 e. The summed E-state index contributed by atoms with van der Waals surface area (Å²) in [6.07, 6.45) is 0.493. The van der Waals surface area contributed by atoms with Crippen LogP contribution in [-0.2, 0) is 9.47 Å². The van der Waals surface area contributed by atoms with E-state index in [4.69, 9.17) is 9.47 Å². The SMILES string of the molecule is CC1CCOC(c2cccc([N+](=O)[O-])c2)O1. The van der Waals surface area contributed by atoms with Crippen LogP contribution in [0, 0.1) is 10.1 Å². The number of nitrogens with zero attached hydrogens (tertiary/aromatic N) is 1. The van der Waals surface area contributed by atoms with E-state index in [9.17, 15) is 10.1 Å². The lowest BCUT2D eigenvalue weighted by molar-refractivity contribution is -0.385. The maximum absolute atomic E-state index is 10.6. The van der Waals surface area contributed by atoms with Crippen LogP contribution in [0.3, 0.4) is 0 Å². The van der Waals surface area contributed by atoms with Crippen molar-refractivity contribution in [3.05, 3.63) is 39.9 Å². The van der Waals surface area contributed by atoms with Gasteiger partial charge in [-0.2, -0.15) is 0 Å². The molecule has 2 atom stereocenters. The molecule has 1 heterocycles. The average Bonchev–Trinajstić information content (AvgIpc) is 2.29. The van der Waals surface area contributed by atoms with Gasteiger partial charge in [-0.3, -0.25) is 10.1 Å². The van der Waals surface area contributed by atoms with Gasteiger partial charge in [0.05, 0.1) is 17.6 Å². The molecule has 1 aliphatic rings. The zero-order valence-corrected chi connectivity index (χ0v) is 8.96. The molecule has 16 heavy (non-hydrogen) atoms. The Balaban J connectivity index is 2.19. The zero-order chi connectivity index (χ0) is 11.5. The molecule has 2 unspecified atom stereocenters. The maximum Gasteiger partial charge on any atom is 0.269 e. The van der Waals surface area contributed by atoms with Gasteiger partial charge >= 0.3 is 0 Å². The Hall–Kier alpha value is -1.46. The summed E-state index contributed by atoms with van der Waals surface area (Å²) in [5, 5.41) is 10.6. The Labute approximate surface area is 93.1 Å². The maximum atomic E-state index is 10.6. The second-order valence-electron chi connectivity index (χ2n) is 3.79. The average molecular weight is 223 g/mol. The van der Waals surface area contributed by atoms with Crippen LogP contribution >= 0.6 is 0 Å². The number of hydrogen-bond acceptors (Lipinski definition) is 4. The third-order valence-corrected chi connectivity index (χ3v) is 2.50. The van der Waals surface area contributed by atoms with E-state index in [-0.39, 0.29) is 11.8 Å². The molecule has 0 aromatic heterocycles. The van der Waals surface area contributed by atoms with Crippen LogP contribution < -0.4 is 0 Å². The predicted molar refractivity (Wildman–Crippen MR) is 57.0 cm³/mol. The predicted octanol–water partition coefficient (Wildman–Crippen LogP) is 2.42. The molecule has 0 radical (unpaired) electrons. The number of hydrogen-bond donors (Lipinski definition) is 0. The fourth-order valence-corrected chi connectivity index (χ4v) is 1.62. The molecule has 0 aliphatic carbocycles. The van der Waals surface area contributed by atoms with E-state index in [1.54, 1.807) is 12.1 Å². The monoisotopic (exact) mass is 223 g/mol. The molecule has 0 amide bonds. The lowest BCUT2D eigenvalue weighted by atomic mass is 10.1. The molecule has 5 heteroatoms. The summed E-state index contributed by atoms with van der Waals surface area (Å²) in [5.74, 6) is 0. The van der Waals surface area contributed by atoms with Crippen LogP contribution in [0.1, 0.15) is 25.2 Å². The van der Waals surface area contributed by atoms with Crippen molar-refractivity contribution < 1.29 is 14.4 Å². The van der Waals surface area contributed by atoms with Gasteiger partial charge in [-0.1, -0.05) is 12.1 Å². The van der Waals surface area contributed by atoms with Crippen molar-refractivity contribution in [1.29, 1.82) is 0 Å². The summed E-state index contributed by atoms with van der Waals surface area (Å²) in [6.45, 7) is 2.58. The summed E-state index contributed by atoms with van der Waals surface area (Å²) in [7, 11) is 0. The molecule has 0 bridgehead atoms. The van der Waals surface area contributed by atoms with Crippen LogP contribution in [0.5, 0.6) is 0 Å². The number of nitro groups is 1. The highest BCUT2D eigenvalue weighted by Gasteiger charge is 2.22. The van der Waals surface area contributed by atoms with E-state index in [0.29, 0.717) is 12.2 Å². The van der Waals surface area contributed by atoms with Gasteiger partial charge in [-0.25, -0.2) is 0 Å². The lowest BCUT2D eigenvalue weighted by Gasteiger charge is -2.28. The van der Waals surface area contributed by atoms with E-state index in [1.165, 1.54) is 12.1 Å². The van der Waals surface area contributed by atoms with Crippen LogP contribution in [-0.4, -0.2) is 17.6 Å². The third-order valence-electron chi connectivity index (χ3n) is 2.50. The van der Waals surface area contributed by atoms with E-state index in [0.717, 1.165) is 6.42 Å². The summed E-state index contributed by atoms with van der Waals surface area (Å²) in [5.41, 5.74) is 0.753. The minimum Gasteiger partial charge on any atom is -0.348 e. The van der Waals surface area contributed by atoms with Gasteiger partial charge in [0.1, 0.15) is 0 Å². The highest BCUT2D eigenvalue weighted by Crippen LogP contribution is 2.28. The first kappa shape index (κ1) is 11.0. The molecule has 1 aromatic rings. The van der Waals surface area contributed by atoms with Gasteiger partial charge in [-0.05, 0) is 13.3 Å². The topological polar surface area (TPSA) is 61.6 Å². The molecular formula is C11H13NO4. The molecule has 86 valence electrons. The molecule has 1 aliphatic heterocycles. The number of benzene rings is 1. The minimum absolute atomic E-state index is 0.0583. The Morgan fingerprint density at radius 1 is 1.50 bits per heavy atom. The fourth-order valence-electron chi connectivity index (χ4n) is 1.62. The van der Waals surface area contributed by atoms with E-state index < -0.39 is 11.2 Å². The van der Waals surface area contributed by atoms with Crippen LogP contribution in [0.2, 0.25) is 0 Å². The second-order valence-corrected chi connectivity index (χ2v) is 3.79. The van der Waals surface area contributed by atoms with Gasteiger partial charge in [0.15, 0.2) is 6.29 Å².